The molecule has 0 saturated heterocycles. The third kappa shape index (κ3) is 3.09. The lowest BCUT2D eigenvalue weighted by molar-refractivity contribution is 0.427. The summed E-state index contributed by atoms with van der Waals surface area (Å²) in [6, 6.07) is 7.69. The minimum Gasteiger partial charge on any atom is -0.418 e. The van der Waals surface area contributed by atoms with Gasteiger partial charge in [0.15, 0.2) is 5.15 Å². The lowest BCUT2D eigenvalue weighted by Gasteiger charge is -2.10. The summed E-state index contributed by atoms with van der Waals surface area (Å²) >= 11 is 5.94. The monoisotopic (exact) mass is 333 g/mol. The van der Waals surface area contributed by atoms with Gasteiger partial charge in [-0.1, -0.05) is 17.7 Å². The van der Waals surface area contributed by atoms with Gasteiger partial charge in [0.25, 0.3) is 0 Å². The maximum absolute atomic E-state index is 13.4. The third-order valence-electron chi connectivity index (χ3n) is 3.03. The van der Waals surface area contributed by atoms with Gasteiger partial charge in [0.05, 0.1) is 11.4 Å². The van der Waals surface area contributed by atoms with Crippen molar-refractivity contribution in [3.05, 3.63) is 52.8 Å². The molecule has 0 unspecified atom stereocenters. The van der Waals surface area contributed by atoms with Crippen molar-refractivity contribution < 1.29 is 9.13 Å². The number of hydrogen-bond donors (Lipinski definition) is 1. The Hall–Kier alpha value is -2.67. The van der Waals surface area contributed by atoms with Gasteiger partial charge in [0.2, 0.25) is 11.8 Å². The van der Waals surface area contributed by atoms with E-state index in [1.54, 1.807) is 32.0 Å². The first-order chi connectivity index (χ1) is 10.9. The van der Waals surface area contributed by atoms with Gasteiger partial charge < -0.3 is 10.5 Å². The Morgan fingerprint density at radius 3 is 2.74 bits per heavy atom. The number of anilines is 1. The molecule has 6 nitrogen and oxygen atoms in total. The Bertz CT molecular complexity index is 880. The van der Waals surface area contributed by atoms with Gasteiger partial charge in [-0.25, -0.2) is 14.1 Å². The molecule has 2 heterocycles. The standard InChI is InChI=1S/C15H13ClFN5O/c1-8-6-12(22(21-8)11-5-3-4-10(17)7-11)23-15-13(18)14(16)19-9(2)20-15/h3-7H,18H2,1-2H3. The first kappa shape index (κ1) is 15.2. The molecule has 0 aliphatic heterocycles. The summed E-state index contributed by atoms with van der Waals surface area (Å²) in [4.78, 5) is 8.08. The molecule has 0 aliphatic carbocycles. The molecule has 2 N–H and O–H groups in total. The lowest BCUT2D eigenvalue weighted by Crippen LogP contribution is -2.04. The minimum atomic E-state index is -0.373. The van der Waals surface area contributed by atoms with Gasteiger partial charge in [-0.15, -0.1) is 0 Å². The number of halogens is 2. The third-order valence-corrected chi connectivity index (χ3v) is 3.32. The molecule has 0 radical (unpaired) electrons. The van der Waals surface area contributed by atoms with E-state index in [0.717, 1.165) is 0 Å². The number of benzene rings is 1. The minimum absolute atomic E-state index is 0.112. The second-order valence-electron chi connectivity index (χ2n) is 4.90. The summed E-state index contributed by atoms with van der Waals surface area (Å²) in [6.07, 6.45) is 0. The predicted octanol–water partition coefficient (Wildman–Crippen LogP) is 3.45. The Kier molecular flexibility index (Phi) is 3.87. The van der Waals surface area contributed by atoms with Gasteiger partial charge in [0, 0.05) is 6.07 Å². The van der Waals surface area contributed by atoms with Gasteiger partial charge in [-0.3, -0.25) is 0 Å². The zero-order valence-electron chi connectivity index (χ0n) is 12.4. The molecule has 0 spiro atoms. The average molecular weight is 334 g/mol. The van der Waals surface area contributed by atoms with Crippen LogP contribution in [0, 0.1) is 19.7 Å². The van der Waals surface area contributed by atoms with Crippen molar-refractivity contribution in [2.75, 3.05) is 5.73 Å². The van der Waals surface area contributed by atoms with Crippen LogP contribution < -0.4 is 10.5 Å². The lowest BCUT2D eigenvalue weighted by atomic mass is 10.3. The second-order valence-corrected chi connectivity index (χ2v) is 5.26. The molecule has 0 fully saturated rings. The summed E-state index contributed by atoms with van der Waals surface area (Å²) in [7, 11) is 0. The van der Waals surface area contributed by atoms with Crippen molar-refractivity contribution >= 4 is 17.3 Å². The van der Waals surface area contributed by atoms with Crippen molar-refractivity contribution in [2.45, 2.75) is 13.8 Å². The van der Waals surface area contributed by atoms with Gasteiger partial charge >= 0.3 is 0 Å². The Labute approximate surface area is 136 Å². The zero-order chi connectivity index (χ0) is 16.6. The van der Waals surface area contributed by atoms with E-state index < -0.39 is 0 Å². The van der Waals surface area contributed by atoms with Crippen LogP contribution in [0.1, 0.15) is 11.5 Å². The highest BCUT2D eigenvalue weighted by atomic mass is 35.5. The number of rotatable bonds is 3. The van der Waals surface area contributed by atoms with E-state index in [1.807, 2.05) is 0 Å². The van der Waals surface area contributed by atoms with Crippen LogP contribution in [0.15, 0.2) is 30.3 Å². The SMILES string of the molecule is Cc1cc(Oc2nc(C)nc(Cl)c2N)n(-c2cccc(F)c2)n1. The molecule has 0 atom stereocenters. The molecule has 118 valence electrons. The fourth-order valence-corrected chi connectivity index (χ4v) is 2.24. The molecule has 3 rings (SSSR count). The number of hydrogen-bond acceptors (Lipinski definition) is 5. The van der Waals surface area contributed by atoms with Crippen molar-refractivity contribution in [2.24, 2.45) is 0 Å². The fourth-order valence-electron chi connectivity index (χ4n) is 2.04. The van der Waals surface area contributed by atoms with Crippen LogP contribution in [-0.4, -0.2) is 19.7 Å². The Balaban J connectivity index is 2.05. The summed E-state index contributed by atoms with van der Waals surface area (Å²) in [5, 5.41) is 4.41. The number of nitrogens with two attached hydrogens (primary N) is 1. The molecule has 0 amide bonds. The van der Waals surface area contributed by atoms with E-state index in [9.17, 15) is 4.39 Å². The Morgan fingerprint density at radius 2 is 2.00 bits per heavy atom. The number of nitrogen functional groups attached to an aromatic ring is 1. The van der Waals surface area contributed by atoms with Crippen LogP contribution in [0.3, 0.4) is 0 Å². The van der Waals surface area contributed by atoms with Crippen LogP contribution in [0.4, 0.5) is 10.1 Å². The number of aryl methyl sites for hydroxylation is 2. The Morgan fingerprint density at radius 1 is 1.22 bits per heavy atom. The predicted molar refractivity (Wildman–Crippen MR) is 84.5 cm³/mol. The van der Waals surface area contributed by atoms with E-state index in [-0.39, 0.29) is 22.5 Å². The highest BCUT2D eigenvalue weighted by Gasteiger charge is 2.15. The largest absolute Gasteiger partial charge is 0.418 e. The van der Waals surface area contributed by atoms with Gasteiger partial charge in [-0.2, -0.15) is 10.1 Å². The number of nitrogens with zero attached hydrogens (tertiary/aromatic N) is 4. The smallest absolute Gasteiger partial charge is 0.249 e. The first-order valence-electron chi connectivity index (χ1n) is 6.74. The summed E-state index contributed by atoms with van der Waals surface area (Å²) in [5.74, 6) is 0.517. The normalized spacial score (nSPS) is 10.8. The summed E-state index contributed by atoms with van der Waals surface area (Å²) in [5.41, 5.74) is 7.19. The van der Waals surface area contributed by atoms with Crippen LogP contribution in [-0.2, 0) is 0 Å². The fraction of sp³-hybridized carbons (Fsp3) is 0.133. The maximum atomic E-state index is 13.4. The molecule has 0 saturated carbocycles. The quantitative estimate of drug-likeness (QED) is 0.743. The molecule has 2 aromatic heterocycles. The second kappa shape index (κ2) is 5.85. The summed E-state index contributed by atoms with van der Waals surface area (Å²) < 4.78 is 20.6. The maximum Gasteiger partial charge on any atom is 0.249 e. The van der Waals surface area contributed by atoms with Crippen LogP contribution >= 0.6 is 11.6 Å². The summed E-state index contributed by atoms with van der Waals surface area (Å²) in [6.45, 7) is 3.47. The van der Waals surface area contributed by atoms with Gasteiger partial charge in [0.1, 0.15) is 17.3 Å². The molecule has 23 heavy (non-hydrogen) atoms. The highest BCUT2D eigenvalue weighted by Crippen LogP contribution is 2.31. The van der Waals surface area contributed by atoms with E-state index in [2.05, 4.69) is 15.1 Å². The molecule has 1 aromatic carbocycles. The van der Waals surface area contributed by atoms with Crippen molar-refractivity contribution in [3.8, 4) is 17.4 Å². The van der Waals surface area contributed by atoms with E-state index in [4.69, 9.17) is 22.1 Å². The molecule has 0 aliphatic rings. The van der Waals surface area contributed by atoms with Crippen LogP contribution in [0.25, 0.3) is 5.69 Å². The van der Waals surface area contributed by atoms with Crippen molar-refractivity contribution in [1.29, 1.82) is 0 Å². The first-order valence-corrected chi connectivity index (χ1v) is 7.12. The van der Waals surface area contributed by atoms with E-state index >= 15 is 0 Å². The van der Waals surface area contributed by atoms with Crippen LogP contribution in [0.2, 0.25) is 5.15 Å². The number of aromatic nitrogens is 4. The zero-order valence-corrected chi connectivity index (χ0v) is 13.2. The van der Waals surface area contributed by atoms with Crippen molar-refractivity contribution in [1.82, 2.24) is 19.7 Å². The molecule has 0 bridgehead atoms. The number of ether oxygens (including phenoxy) is 1. The molecular formula is C15H13ClFN5O. The van der Waals surface area contributed by atoms with Crippen molar-refractivity contribution in [3.63, 3.8) is 0 Å². The van der Waals surface area contributed by atoms with Crippen LogP contribution in [0.5, 0.6) is 11.8 Å². The van der Waals surface area contributed by atoms with Gasteiger partial charge in [-0.05, 0) is 32.0 Å². The van der Waals surface area contributed by atoms with E-state index in [0.29, 0.717) is 23.1 Å². The molecule has 3 aromatic rings. The topological polar surface area (TPSA) is 78.9 Å². The van der Waals surface area contributed by atoms with E-state index in [1.165, 1.54) is 16.8 Å². The molecule has 8 heteroatoms. The molecular weight excluding hydrogens is 321 g/mol. The highest BCUT2D eigenvalue weighted by molar-refractivity contribution is 6.32. The average Bonchev–Trinajstić information content (AvgIpc) is 2.85.